The highest BCUT2D eigenvalue weighted by atomic mass is 14.2. The number of aryl methyl sites for hydroxylation is 1. The van der Waals surface area contributed by atoms with E-state index in [2.05, 4.69) is 0 Å². The number of rotatable bonds is 0. The first-order chi connectivity index (χ1) is 12.1. The number of hydrogen-bond donors (Lipinski definition) is 0. The minimum Gasteiger partial charge on any atom is -0.0616 e. The normalized spacial score (nSPS) is 19.2. The largest absolute Gasteiger partial charge is 0.0630 e. The molecule has 0 N–H and O–H groups in total. The summed E-state index contributed by atoms with van der Waals surface area (Å²) in [6.07, 6.45) is 0. The third-order valence-corrected chi connectivity index (χ3v) is 3.06. The van der Waals surface area contributed by atoms with E-state index in [-0.39, 0.29) is 69.9 Å². The molecule has 0 saturated carbocycles. The van der Waals surface area contributed by atoms with Crippen molar-refractivity contribution in [1.29, 1.82) is 0 Å². The first kappa shape index (κ1) is 3.99. The lowest BCUT2D eigenvalue weighted by atomic mass is 9.99. The molecule has 0 radical (unpaired) electrons. The van der Waals surface area contributed by atoms with E-state index in [0.29, 0.717) is 10.9 Å². The Labute approximate surface area is 113 Å². The van der Waals surface area contributed by atoms with Crippen LogP contribution >= 0.6 is 0 Å². The lowest BCUT2D eigenvalue weighted by Gasteiger charge is -2.04. The summed E-state index contributed by atoms with van der Waals surface area (Å²) in [5.74, 6) is 0. The molecule has 0 aromatic heterocycles. The highest BCUT2D eigenvalue weighted by Gasteiger charge is 2.20. The quantitative estimate of drug-likeness (QED) is 0.403. The van der Waals surface area contributed by atoms with Gasteiger partial charge in [-0.15, -0.1) is 0 Å². The van der Waals surface area contributed by atoms with Gasteiger partial charge in [-0.2, -0.15) is 0 Å². The van der Waals surface area contributed by atoms with E-state index >= 15 is 0 Å². The number of benzene rings is 3. The molecule has 3 aromatic carbocycles. The Morgan fingerprint density at radius 3 is 2.12 bits per heavy atom. The first-order valence-electron chi connectivity index (χ1n) is 9.75. The molecule has 3 aromatic rings. The Bertz CT molecular complexity index is 1090. The molecular weight excluding hydrogens is 204 g/mol. The Kier molecular flexibility index (Phi) is 0.699. The van der Waals surface area contributed by atoms with Crippen molar-refractivity contribution in [2.45, 2.75) is 6.92 Å². The third-order valence-electron chi connectivity index (χ3n) is 3.06. The van der Waals surface area contributed by atoms with Gasteiger partial charge in [-0.05, 0) is 45.5 Å². The van der Waals surface area contributed by atoms with E-state index in [9.17, 15) is 0 Å². The molecule has 0 amide bonds. The summed E-state index contributed by atoms with van der Waals surface area (Å²) < 4.78 is 73.6. The minimum atomic E-state index is -0.454. The van der Waals surface area contributed by atoms with Crippen LogP contribution in [-0.2, 0) is 0 Å². The standard InChI is InChI=1S/C17H12/c1-11-9-10-16-14-6-3-2-5-13(14)15-8-4-7-12(11)17(15)16/h2-10H,1H3/i2D,3D,4D,5D,6D,7D,8D,9D,10D. The lowest BCUT2D eigenvalue weighted by Crippen LogP contribution is -1.79. The molecule has 0 atom stereocenters. The second-order valence-electron chi connectivity index (χ2n) is 4.00. The van der Waals surface area contributed by atoms with E-state index in [4.69, 9.17) is 12.3 Å². The Morgan fingerprint density at radius 2 is 1.35 bits per heavy atom. The van der Waals surface area contributed by atoms with Crippen molar-refractivity contribution in [1.82, 2.24) is 0 Å². The highest BCUT2D eigenvalue weighted by Crippen LogP contribution is 2.47. The molecular formula is C17H12. The Hall–Kier alpha value is -2.08. The molecule has 0 fully saturated rings. The molecule has 80 valence electrons. The predicted molar refractivity (Wildman–Crippen MR) is 73.1 cm³/mol. The van der Waals surface area contributed by atoms with Crippen molar-refractivity contribution in [2.75, 3.05) is 0 Å². The topological polar surface area (TPSA) is 0 Å². The Morgan fingerprint density at radius 1 is 0.706 bits per heavy atom. The predicted octanol–water partition coefficient (Wildman–Crippen LogP) is 4.80. The summed E-state index contributed by atoms with van der Waals surface area (Å²) in [4.78, 5) is 0. The fraction of sp³-hybridized carbons (Fsp3) is 0.0588. The van der Waals surface area contributed by atoms with Crippen molar-refractivity contribution in [3.63, 3.8) is 0 Å². The van der Waals surface area contributed by atoms with Gasteiger partial charge < -0.3 is 0 Å². The molecule has 0 unspecified atom stereocenters. The minimum absolute atomic E-state index is 0.0769. The fourth-order valence-electron chi connectivity index (χ4n) is 2.28. The number of hydrogen-bond acceptors (Lipinski definition) is 0. The maximum Gasteiger partial charge on any atom is 0.0630 e. The second-order valence-corrected chi connectivity index (χ2v) is 4.00. The van der Waals surface area contributed by atoms with E-state index < -0.39 is 12.1 Å². The van der Waals surface area contributed by atoms with Crippen LogP contribution < -0.4 is 0 Å². The Balaban J connectivity index is 2.45. The van der Waals surface area contributed by atoms with Crippen molar-refractivity contribution >= 4 is 10.8 Å². The van der Waals surface area contributed by atoms with Crippen molar-refractivity contribution in [3.8, 4) is 22.3 Å². The second kappa shape index (κ2) is 2.98. The summed E-state index contributed by atoms with van der Waals surface area (Å²) in [6, 6.07) is -2.83. The molecule has 0 heteroatoms. The lowest BCUT2D eigenvalue weighted by molar-refractivity contribution is 1.54. The first-order valence-corrected chi connectivity index (χ1v) is 5.25. The zero-order valence-electron chi connectivity index (χ0n) is 18.0. The molecule has 0 spiro atoms. The van der Waals surface area contributed by atoms with E-state index in [1.165, 1.54) is 0 Å². The molecule has 0 saturated heterocycles. The van der Waals surface area contributed by atoms with Gasteiger partial charge in [0.25, 0.3) is 0 Å². The van der Waals surface area contributed by atoms with Crippen molar-refractivity contribution in [3.05, 3.63) is 59.9 Å². The maximum absolute atomic E-state index is 8.36. The molecule has 0 bridgehead atoms. The average molecular weight is 225 g/mol. The third kappa shape index (κ3) is 1.03. The zero-order chi connectivity index (χ0) is 19.2. The number of fused-ring (bicyclic) bond motifs is 3. The summed E-state index contributed by atoms with van der Waals surface area (Å²) in [7, 11) is 0. The summed E-state index contributed by atoms with van der Waals surface area (Å²) in [5, 5.41) is 0.557. The highest BCUT2D eigenvalue weighted by molar-refractivity contribution is 6.15. The monoisotopic (exact) mass is 225 g/mol. The molecule has 0 heterocycles. The molecule has 0 aliphatic heterocycles. The van der Waals surface area contributed by atoms with Crippen LogP contribution in [0.3, 0.4) is 0 Å². The zero-order valence-corrected chi connectivity index (χ0v) is 9.00. The van der Waals surface area contributed by atoms with Gasteiger partial charge in [0.2, 0.25) is 0 Å². The van der Waals surface area contributed by atoms with Crippen LogP contribution in [0.2, 0.25) is 0 Å². The van der Waals surface area contributed by atoms with E-state index in [1.807, 2.05) is 0 Å². The average Bonchev–Trinajstić information content (AvgIpc) is 2.96. The SMILES string of the molecule is [2H]c1c([2H])c([2H])c2c(c1[2H])-c1c([2H])c([2H])c([2H])c3c(C)c([2H])c([2H])c-2c13. The molecule has 4 rings (SSSR count). The van der Waals surface area contributed by atoms with Crippen molar-refractivity contribution in [2.24, 2.45) is 0 Å². The van der Waals surface area contributed by atoms with E-state index in [1.54, 1.807) is 6.92 Å². The molecule has 0 nitrogen and oxygen atoms in total. The van der Waals surface area contributed by atoms with Gasteiger partial charge in [0.05, 0.1) is 12.3 Å². The summed E-state index contributed by atoms with van der Waals surface area (Å²) >= 11 is 0. The van der Waals surface area contributed by atoms with E-state index in [0.717, 1.165) is 0 Å². The van der Waals surface area contributed by atoms with Crippen LogP contribution in [0.5, 0.6) is 0 Å². The molecule has 17 heavy (non-hydrogen) atoms. The summed E-state index contributed by atoms with van der Waals surface area (Å²) in [6.45, 7) is 1.57. The van der Waals surface area contributed by atoms with Gasteiger partial charge in [0.1, 0.15) is 0 Å². The van der Waals surface area contributed by atoms with Gasteiger partial charge in [0, 0.05) is 0 Å². The van der Waals surface area contributed by atoms with Gasteiger partial charge in [-0.1, -0.05) is 54.4 Å². The van der Waals surface area contributed by atoms with Gasteiger partial charge in [-0.3, -0.25) is 0 Å². The van der Waals surface area contributed by atoms with Gasteiger partial charge in [0.15, 0.2) is 0 Å². The van der Waals surface area contributed by atoms with Gasteiger partial charge >= 0.3 is 0 Å². The van der Waals surface area contributed by atoms with Crippen LogP contribution in [-0.4, -0.2) is 0 Å². The molecule has 1 aliphatic rings. The van der Waals surface area contributed by atoms with Crippen LogP contribution in [0.25, 0.3) is 33.0 Å². The van der Waals surface area contributed by atoms with Crippen molar-refractivity contribution < 1.29 is 12.3 Å². The summed E-state index contributed by atoms with van der Waals surface area (Å²) in [5.41, 5.74) is 0.779. The van der Waals surface area contributed by atoms with Crippen LogP contribution in [0.15, 0.2) is 54.4 Å². The molecule has 1 aliphatic carbocycles. The van der Waals surface area contributed by atoms with Crippen LogP contribution in [0.1, 0.15) is 17.9 Å². The van der Waals surface area contributed by atoms with Crippen LogP contribution in [0.4, 0.5) is 0 Å². The van der Waals surface area contributed by atoms with Crippen LogP contribution in [0, 0.1) is 6.92 Å². The smallest absolute Gasteiger partial charge is 0.0616 e. The fourth-order valence-corrected chi connectivity index (χ4v) is 2.28. The maximum atomic E-state index is 8.36. The van der Waals surface area contributed by atoms with Gasteiger partial charge in [-0.25, -0.2) is 0 Å².